The molecule has 1 aliphatic heterocycles. The molecule has 0 saturated carbocycles. The Balaban J connectivity index is 2.08. The third-order valence-corrected chi connectivity index (χ3v) is 4.45. The molecule has 4 nitrogen and oxygen atoms in total. The maximum Gasteiger partial charge on any atom is 0.408 e. The number of hydrogen-bond acceptors (Lipinski definition) is 2. The fraction of sp³-hybridized carbons (Fsp3) is 0.750. The van der Waals surface area contributed by atoms with Gasteiger partial charge in [-0.3, -0.25) is 9.59 Å². The minimum atomic E-state index is -4.43. The second-order valence-electron chi connectivity index (χ2n) is 6.36. The lowest BCUT2D eigenvalue weighted by Crippen LogP contribution is -2.58. The van der Waals surface area contributed by atoms with Gasteiger partial charge in [0.1, 0.15) is 6.04 Å². The van der Waals surface area contributed by atoms with E-state index in [2.05, 4.69) is 5.32 Å². The minimum absolute atomic E-state index is 0.0549. The van der Waals surface area contributed by atoms with E-state index in [4.69, 9.17) is 0 Å². The van der Waals surface area contributed by atoms with E-state index in [1.807, 2.05) is 6.08 Å². The van der Waals surface area contributed by atoms with E-state index in [0.717, 1.165) is 36.2 Å². The summed E-state index contributed by atoms with van der Waals surface area (Å²) in [5.74, 6) is -0.779. The Bertz CT molecular complexity index is 488. The van der Waals surface area contributed by atoms with Crippen LogP contribution in [0.15, 0.2) is 11.6 Å². The van der Waals surface area contributed by atoms with Crippen LogP contribution < -0.4 is 5.32 Å². The molecule has 1 heterocycles. The molecule has 1 saturated heterocycles. The van der Waals surface area contributed by atoms with Crippen molar-refractivity contribution in [3.05, 3.63) is 11.6 Å². The summed E-state index contributed by atoms with van der Waals surface area (Å²) in [5, 5.41) is 2.63. The molecule has 0 radical (unpaired) electrons. The van der Waals surface area contributed by atoms with Gasteiger partial charge < -0.3 is 10.2 Å². The summed E-state index contributed by atoms with van der Waals surface area (Å²) in [6.45, 7) is 1.25. The van der Waals surface area contributed by atoms with Crippen LogP contribution in [-0.2, 0) is 9.59 Å². The summed E-state index contributed by atoms with van der Waals surface area (Å²) in [4.78, 5) is 24.5. The Morgan fingerprint density at radius 2 is 2.04 bits per heavy atom. The van der Waals surface area contributed by atoms with E-state index in [1.165, 1.54) is 6.92 Å². The van der Waals surface area contributed by atoms with Gasteiger partial charge in [0.25, 0.3) is 0 Å². The molecule has 0 aromatic rings. The molecular weight excluding hydrogens is 309 g/mol. The first-order valence-electron chi connectivity index (χ1n) is 8.08. The first-order chi connectivity index (χ1) is 10.8. The van der Waals surface area contributed by atoms with Crippen molar-refractivity contribution < 1.29 is 22.8 Å². The minimum Gasteiger partial charge on any atom is -0.352 e. The van der Waals surface area contributed by atoms with E-state index < -0.39 is 24.2 Å². The highest BCUT2D eigenvalue weighted by Crippen LogP contribution is 2.33. The van der Waals surface area contributed by atoms with Gasteiger partial charge in [-0.05, 0) is 38.5 Å². The number of alkyl halides is 3. The zero-order valence-corrected chi connectivity index (χ0v) is 13.3. The average Bonchev–Trinajstić information content (AvgIpc) is 2.46. The summed E-state index contributed by atoms with van der Waals surface area (Å²) < 4.78 is 39.7. The zero-order valence-electron chi connectivity index (χ0n) is 13.3. The number of nitrogens with zero attached hydrogens (tertiary/aromatic N) is 1. The van der Waals surface area contributed by atoms with Crippen LogP contribution in [0.3, 0.4) is 0 Å². The van der Waals surface area contributed by atoms with E-state index in [9.17, 15) is 22.8 Å². The lowest BCUT2D eigenvalue weighted by Gasteiger charge is -2.40. The number of likely N-dealkylation sites (tertiary alicyclic amines) is 1. The molecule has 2 amide bonds. The highest BCUT2D eigenvalue weighted by atomic mass is 19.4. The van der Waals surface area contributed by atoms with E-state index in [0.29, 0.717) is 0 Å². The van der Waals surface area contributed by atoms with Gasteiger partial charge >= 0.3 is 6.18 Å². The third-order valence-electron chi connectivity index (χ3n) is 4.45. The number of hydrogen-bond donors (Lipinski definition) is 1. The number of rotatable bonds is 3. The fourth-order valence-electron chi connectivity index (χ4n) is 3.35. The highest BCUT2D eigenvalue weighted by molar-refractivity contribution is 5.79. The fourth-order valence-corrected chi connectivity index (χ4v) is 3.35. The second-order valence-corrected chi connectivity index (χ2v) is 6.36. The lowest BCUT2D eigenvalue weighted by atomic mass is 9.94. The molecule has 0 spiro atoms. The van der Waals surface area contributed by atoms with Crippen molar-refractivity contribution >= 4 is 11.8 Å². The van der Waals surface area contributed by atoms with Crippen molar-refractivity contribution in [3.63, 3.8) is 0 Å². The van der Waals surface area contributed by atoms with Crippen molar-refractivity contribution in [2.24, 2.45) is 0 Å². The summed E-state index contributed by atoms with van der Waals surface area (Å²) >= 11 is 0. The van der Waals surface area contributed by atoms with Crippen LogP contribution in [-0.4, -0.2) is 41.5 Å². The zero-order chi connectivity index (χ0) is 17.0. The second kappa shape index (κ2) is 7.36. The molecule has 1 aliphatic carbocycles. The predicted molar refractivity (Wildman–Crippen MR) is 79.6 cm³/mol. The van der Waals surface area contributed by atoms with Crippen LogP contribution in [0.2, 0.25) is 0 Å². The third kappa shape index (κ3) is 4.97. The number of piperidine rings is 1. The van der Waals surface area contributed by atoms with E-state index in [1.54, 1.807) is 0 Å². The summed E-state index contributed by atoms with van der Waals surface area (Å²) in [6.07, 6.45) is 1.38. The number of amides is 2. The Hall–Kier alpha value is -1.53. The standard InChI is InChI=1S/C16H23F3N2O2/c1-11(22)20-13-7-8-14(16(17,18)19)21(10-13)15(23)9-12-5-3-2-4-6-12/h5,13-14H,2-4,6-10H2,1H3,(H,20,22)/t13-,14-/m0/s1. The normalized spacial score (nSPS) is 25.7. The molecule has 0 aromatic heterocycles. The Kier molecular flexibility index (Phi) is 5.70. The van der Waals surface area contributed by atoms with Crippen LogP contribution in [0.4, 0.5) is 13.2 Å². The Morgan fingerprint density at radius 3 is 2.61 bits per heavy atom. The van der Waals surface area contributed by atoms with Crippen LogP contribution in [0.5, 0.6) is 0 Å². The molecule has 7 heteroatoms. The van der Waals surface area contributed by atoms with Crippen molar-refractivity contribution in [2.45, 2.75) is 70.1 Å². The molecular formula is C16H23F3N2O2. The van der Waals surface area contributed by atoms with E-state index >= 15 is 0 Å². The number of carbonyl (C=O) groups excluding carboxylic acids is 2. The first kappa shape index (κ1) is 17.8. The molecule has 1 fully saturated rings. The van der Waals surface area contributed by atoms with Gasteiger partial charge in [0, 0.05) is 25.9 Å². The SMILES string of the molecule is CC(=O)N[C@H]1CC[C@@H](C(F)(F)F)N(C(=O)CC2=CCCCC2)C1. The van der Waals surface area contributed by atoms with E-state index in [-0.39, 0.29) is 31.7 Å². The number of nitrogens with one attached hydrogen (secondary N) is 1. The summed E-state index contributed by atoms with van der Waals surface area (Å²) in [5.41, 5.74) is 0.934. The average molecular weight is 332 g/mol. The lowest BCUT2D eigenvalue weighted by molar-refractivity contribution is -0.197. The number of carbonyl (C=O) groups is 2. The largest absolute Gasteiger partial charge is 0.408 e. The predicted octanol–water partition coefficient (Wildman–Crippen LogP) is 2.93. The molecule has 2 aliphatic rings. The van der Waals surface area contributed by atoms with Gasteiger partial charge in [-0.1, -0.05) is 11.6 Å². The van der Waals surface area contributed by atoms with Gasteiger partial charge in [-0.25, -0.2) is 0 Å². The smallest absolute Gasteiger partial charge is 0.352 e. The molecule has 2 atom stereocenters. The van der Waals surface area contributed by atoms with Crippen molar-refractivity contribution in [3.8, 4) is 0 Å². The van der Waals surface area contributed by atoms with Crippen LogP contribution in [0, 0.1) is 0 Å². The quantitative estimate of drug-likeness (QED) is 0.808. The summed E-state index contributed by atoms with van der Waals surface area (Å²) in [6, 6.07) is -2.15. The summed E-state index contributed by atoms with van der Waals surface area (Å²) in [7, 11) is 0. The van der Waals surface area contributed by atoms with Gasteiger partial charge in [0.05, 0.1) is 0 Å². The van der Waals surface area contributed by atoms with Crippen LogP contribution in [0.25, 0.3) is 0 Å². The van der Waals surface area contributed by atoms with Gasteiger partial charge in [0.2, 0.25) is 11.8 Å². The van der Waals surface area contributed by atoms with Crippen molar-refractivity contribution in [1.82, 2.24) is 10.2 Å². The van der Waals surface area contributed by atoms with Crippen molar-refractivity contribution in [1.29, 1.82) is 0 Å². The van der Waals surface area contributed by atoms with Gasteiger partial charge in [0.15, 0.2) is 0 Å². The van der Waals surface area contributed by atoms with Crippen LogP contribution >= 0.6 is 0 Å². The Labute approximate surface area is 134 Å². The molecule has 23 heavy (non-hydrogen) atoms. The monoisotopic (exact) mass is 332 g/mol. The first-order valence-corrected chi connectivity index (χ1v) is 8.08. The highest BCUT2D eigenvalue weighted by Gasteiger charge is 2.48. The number of allylic oxidation sites excluding steroid dienone is 1. The maximum atomic E-state index is 13.2. The maximum absolute atomic E-state index is 13.2. The topological polar surface area (TPSA) is 49.4 Å². The molecule has 0 bridgehead atoms. The molecule has 0 aromatic carbocycles. The molecule has 2 rings (SSSR count). The number of halogens is 3. The van der Waals surface area contributed by atoms with Gasteiger partial charge in [-0.2, -0.15) is 13.2 Å². The van der Waals surface area contributed by atoms with Gasteiger partial charge in [-0.15, -0.1) is 0 Å². The Morgan fingerprint density at radius 1 is 1.30 bits per heavy atom. The molecule has 130 valence electrons. The molecule has 1 N–H and O–H groups in total. The van der Waals surface area contributed by atoms with Crippen LogP contribution in [0.1, 0.15) is 51.9 Å². The molecule has 0 unspecified atom stereocenters. The van der Waals surface area contributed by atoms with Crippen molar-refractivity contribution in [2.75, 3.05) is 6.54 Å².